The van der Waals surface area contributed by atoms with E-state index >= 15 is 0 Å². The lowest BCUT2D eigenvalue weighted by Gasteiger charge is -2.34. The van der Waals surface area contributed by atoms with Gasteiger partial charge in [0.2, 0.25) is 5.82 Å². The molecule has 1 aliphatic rings. The standard InChI is InChI=1S/C14H22N4O3/c1-14(2,3)13-15-11(16-17-13)12(21)18-7-5-4-6-9(18)8-10(19)20/h9H,4-8H2,1-3H3,(H,19,20)(H,15,16,17). The third kappa shape index (κ3) is 3.59. The van der Waals surface area contributed by atoms with Gasteiger partial charge in [0, 0.05) is 18.0 Å². The zero-order valence-electron chi connectivity index (χ0n) is 12.7. The van der Waals surface area contributed by atoms with Gasteiger partial charge in [-0.25, -0.2) is 4.98 Å². The number of carbonyl (C=O) groups is 2. The van der Waals surface area contributed by atoms with Gasteiger partial charge in [-0.05, 0) is 19.3 Å². The maximum atomic E-state index is 12.5. The third-order valence-corrected chi connectivity index (χ3v) is 3.69. The van der Waals surface area contributed by atoms with E-state index in [9.17, 15) is 9.59 Å². The Morgan fingerprint density at radius 2 is 2.10 bits per heavy atom. The Hall–Kier alpha value is -1.92. The van der Waals surface area contributed by atoms with Crippen LogP contribution in [0.2, 0.25) is 0 Å². The number of carboxylic acid groups (broad SMARTS) is 1. The molecule has 2 rings (SSSR count). The summed E-state index contributed by atoms with van der Waals surface area (Å²) in [5, 5.41) is 15.8. The van der Waals surface area contributed by atoms with E-state index in [0.29, 0.717) is 18.8 Å². The lowest BCUT2D eigenvalue weighted by molar-refractivity contribution is -0.138. The number of carbonyl (C=O) groups excluding carboxylic acids is 1. The van der Waals surface area contributed by atoms with Crippen molar-refractivity contribution in [1.82, 2.24) is 20.1 Å². The van der Waals surface area contributed by atoms with Gasteiger partial charge < -0.3 is 10.0 Å². The first-order valence-electron chi connectivity index (χ1n) is 7.24. The summed E-state index contributed by atoms with van der Waals surface area (Å²) < 4.78 is 0. The predicted molar refractivity (Wildman–Crippen MR) is 76.0 cm³/mol. The molecule has 2 heterocycles. The molecule has 0 radical (unpaired) electrons. The Labute approximate surface area is 123 Å². The number of aliphatic carboxylic acids is 1. The minimum Gasteiger partial charge on any atom is -0.481 e. The molecule has 0 spiro atoms. The molecule has 0 saturated carbocycles. The largest absolute Gasteiger partial charge is 0.481 e. The molecule has 7 heteroatoms. The van der Waals surface area contributed by atoms with Crippen LogP contribution < -0.4 is 0 Å². The maximum absolute atomic E-state index is 12.5. The second-order valence-corrected chi connectivity index (χ2v) is 6.50. The molecule has 0 aliphatic carbocycles. The molecule has 1 amide bonds. The van der Waals surface area contributed by atoms with Crippen LogP contribution in [0.25, 0.3) is 0 Å². The molecular weight excluding hydrogens is 272 g/mol. The van der Waals surface area contributed by atoms with Gasteiger partial charge in [-0.15, -0.1) is 5.10 Å². The molecule has 1 aromatic heterocycles. The van der Waals surface area contributed by atoms with Gasteiger partial charge in [-0.3, -0.25) is 14.7 Å². The molecule has 1 aromatic rings. The number of hydrogen-bond donors (Lipinski definition) is 2. The van der Waals surface area contributed by atoms with Gasteiger partial charge in [0.25, 0.3) is 5.91 Å². The summed E-state index contributed by atoms with van der Waals surface area (Å²) in [6.07, 6.45) is 2.53. The Kier molecular flexibility index (Phi) is 4.29. The number of amides is 1. The normalized spacial score (nSPS) is 19.6. The van der Waals surface area contributed by atoms with Gasteiger partial charge in [0.1, 0.15) is 5.82 Å². The minimum atomic E-state index is -0.884. The van der Waals surface area contributed by atoms with Crippen LogP contribution in [0.4, 0.5) is 0 Å². The van der Waals surface area contributed by atoms with Crippen molar-refractivity contribution in [3.63, 3.8) is 0 Å². The van der Waals surface area contributed by atoms with Crippen molar-refractivity contribution < 1.29 is 14.7 Å². The number of hydrogen-bond acceptors (Lipinski definition) is 4. The van der Waals surface area contributed by atoms with Crippen molar-refractivity contribution in [2.24, 2.45) is 0 Å². The SMILES string of the molecule is CC(C)(C)c1nc(C(=O)N2CCCCC2CC(=O)O)n[nH]1. The average Bonchev–Trinajstić information content (AvgIpc) is 2.87. The fourth-order valence-corrected chi connectivity index (χ4v) is 2.50. The van der Waals surface area contributed by atoms with Crippen molar-refractivity contribution in [2.45, 2.75) is 57.9 Å². The number of carboxylic acids is 1. The number of H-pyrrole nitrogens is 1. The lowest BCUT2D eigenvalue weighted by Crippen LogP contribution is -2.45. The molecule has 1 unspecified atom stereocenters. The Morgan fingerprint density at radius 1 is 1.38 bits per heavy atom. The van der Waals surface area contributed by atoms with Gasteiger partial charge in [0.15, 0.2) is 0 Å². The Balaban J connectivity index is 2.17. The number of aromatic amines is 1. The molecule has 7 nitrogen and oxygen atoms in total. The van der Waals surface area contributed by atoms with Gasteiger partial charge >= 0.3 is 5.97 Å². The molecule has 1 atom stereocenters. The van der Waals surface area contributed by atoms with Crippen molar-refractivity contribution in [1.29, 1.82) is 0 Å². The fraction of sp³-hybridized carbons (Fsp3) is 0.714. The third-order valence-electron chi connectivity index (χ3n) is 3.69. The minimum absolute atomic E-state index is 0.0255. The second kappa shape index (κ2) is 5.83. The monoisotopic (exact) mass is 294 g/mol. The first-order chi connectivity index (χ1) is 9.79. The second-order valence-electron chi connectivity index (χ2n) is 6.50. The van der Waals surface area contributed by atoms with Crippen LogP contribution >= 0.6 is 0 Å². The summed E-state index contributed by atoms with van der Waals surface area (Å²) in [7, 11) is 0. The number of nitrogens with zero attached hydrogens (tertiary/aromatic N) is 3. The smallest absolute Gasteiger partial charge is 0.305 e. The van der Waals surface area contributed by atoms with E-state index in [-0.39, 0.29) is 29.6 Å². The summed E-state index contributed by atoms with van der Waals surface area (Å²) in [4.78, 5) is 29.3. The summed E-state index contributed by atoms with van der Waals surface area (Å²) >= 11 is 0. The van der Waals surface area contributed by atoms with Crippen LogP contribution in [-0.4, -0.2) is 49.7 Å². The van der Waals surface area contributed by atoms with Crippen molar-refractivity contribution in [3.8, 4) is 0 Å². The summed E-state index contributed by atoms with van der Waals surface area (Å²) in [6.45, 7) is 6.51. The summed E-state index contributed by atoms with van der Waals surface area (Å²) in [6, 6.07) is -0.264. The molecule has 1 aliphatic heterocycles. The highest BCUT2D eigenvalue weighted by Crippen LogP contribution is 2.22. The quantitative estimate of drug-likeness (QED) is 0.881. The number of rotatable bonds is 3. The van der Waals surface area contributed by atoms with Gasteiger partial charge in [-0.1, -0.05) is 20.8 Å². The van der Waals surface area contributed by atoms with Crippen molar-refractivity contribution in [3.05, 3.63) is 11.6 Å². The number of aromatic nitrogens is 3. The van der Waals surface area contributed by atoms with Crippen molar-refractivity contribution >= 4 is 11.9 Å². The molecular formula is C14H22N4O3. The number of likely N-dealkylation sites (tertiary alicyclic amines) is 1. The van der Waals surface area contributed by atoms with Crippen LogP contribution in [0.1, 0.15) is 62.9 Å². The van der Waals surface area contributed by atoms with Gasteiger partial charge in [-0.2, -0.15) is 0 Å². The van der Waals surface area contributed by atoms with E-state index in [1.54, 1.807) is 4.90 Å². The molecule has 21 heavy (non-hydrogen) atoms. The molecule has 1 fully saturated rings. The highest BCUT2D eigenvalue weighted by Gasteiger charge is 2.31. The summed E-state index contributed by atoms with van der Waals surface area (Å²) in [5.74, 6) is -0.396. The molecule has 0 bridgehead atoms. The van der Waals surface area contributed by atoms with E-state index in [1.807, 2.05) is 20.8 Å². The van der Waals surface area contributed by atoms with Crippen LogP contribution in [0.3, 0.4) is 0 Å². The maximum Gasteiger partial charge on any atom is 0.305 e. The first-order valence-corrected chi connectivity index (χ1v) is 7.24. The van der Waals surface area contributed by atoms with Crippen LogP contribution in [0.5, 0.6) is 0 Å². The fourth-order valence-electron chi connectivity index (χ4n) is 2.50. The topological polar surface area (TPSA) is 99.2 Å². The Morgan fingerprint density at radius 3 is 2.67 bits per heavy atom. The molecule has 116 valence electrons. The number of nitrogens with one attached hydrogen (secondary N) is 1. The van der Waals surface area contributed by atoms with E-state index in [2.05, 4.69) is 15.2 Å². The molecule has 1 saturated heterocycles. The van der Waals surface area contributed by atoms with Crippen LogP contribution in [0.15, 0.2) is 0 Å². The summed E-state index contributed by atoms with van der Waals surface area (Å²) in [5.41, 5.74) is -0.214. The van der Waals surface area contributed by atoms with Crippen LogP contribution in [-0.2, 0) is 10.2 Å². The van der Waals surface area contributed by atoms with E-state index in [1.165, 1.54) is 0 Å². The zero-order valence-corrected chi connectivity index (χ0v) is 12.7. The zero-order chi connectivity index (χ0) is 15.6. The highest BCUT2D eigenvalue weighted by molar-refractivity contribution is 5.91. The lowest BCUT2D eigenvalue weighted by atomic mass is 9.96. The molecule has 2 N–H and O–H groups in total. The van der Waals surface area contributed by atoms with E-state index in [0.717, 1.165) is 12.8 Å². The average molecular weight is 294 g/mol. The van der Waals surface area contributed by atoms with Gasteiger partial charge in [0.05, 0.1) is 6.42 Å². The molecule has 0 aromatic carbocycles. The van der Waals surface area contributed by atoms with Crippen LogP contribution in [0, 0.1) is 0 Å². The number of piperidine rings is 1. The highest BCUT2D eigenvalue weighted by atomic mass is 16.4. The predicted octanol–water partition coefficient (Wildman–Crippen LogP) is 1.57. The van der Waals surface area contributed by atoms with Crippen molar-refractivity contribution in [2.75, 3.05) is 6.54 Å². The Bertz CT molecular complexity index is 533. The first kappa shape index (κ1) is 15.5. The van der Waals surface area contributed by atoms with E-state index < -0.39 is 5.97 Å². The van der Waals surface area contributed by atoms with E-state index in [4.69, 9.17) is 5.11 Å².